The second-order valence-electron chi connectivity index (χ2n) is 6.33. The molecule has 0 bridgehead atoms. The molecule has 0 radical (unpaired) electrons. The molecule has 2 heterocycles. The van der Waals surface area contributed by atoms with E-state index in [1.807, 2.05) is 16.7 Å². The molecule has 1 aliphatic carbocycles. The first-order chi connectivity index (χ1) is 11.2. The zero-order valence-corrected chi connectivity index (χ0v) is 13.0. The highest BCUT2D eigenvalue weighted by molar-refractivity contribution is 5.52. The average Bonchev–Trinajstić information content (AvgIpc) is 3.26. The molecule has 2 aromatic heterocycles. The molecular weight excluding hydrogens is 290 g/mol. The summed E-state index contributed by atoms with van der Waals surface area (Å²) in [6.45, 7) is 1.75. The number of aliphatic hydroxyl groups excluding tert-OH is 2. The molecule has 0 amide bonds. The minimum absolute atomic E-state index is 0.0874. The summed E-state index contributed by atoms with van der Waals surface area (Å²) in [6.07, 6.45) is 3.07. The van der Waals surface area contributed by atoms with E-state index < -0.39 is 6.10 Å². The molecule has 4 rings (SSSR count). The van der Waals surface area contributed by atoms with Gasteiger partial charge in [0.15, 0.2) is 5.65 Å². The summed E-state index contributed by atoms with van der Waals surface area (Å²) in [6, 6.07) is 12.2. The van der Waals surface area contributed by atoms with Crippen LogP contribution in [0.4, 0.5) is 0 Å². The van der Waals surface area contributed by atoms with E-state index in [2.05, 4.69) is 41.4 Å². The van der Waals surface area contributed by atoms with Crippen LogP contribution in [0.5, 0.6) is 0 Å². The van der Waals surface area contributed by atoms with Crippen molar-refractivity contribution in [3.63, 3.8) is 0 Å². The number of hydrogen-bond acceptors (Lipinski definition) is 4. The van der Waals surface area contributed by atoms with Crippen molar-refractivity contribution >= 4 is 5.65 Å². The minimum atomic E-state index is -0.940. The van der Waals surface area contributed by atoms with Crippen molar-refractivity contribution < 1.29 is 10.2 Å². The van der Waals surface area contributed by atoms with Crippen LogP contribution in [0, 0.1) is 6.92 Å². The van der Waals surface area contributed by atoms with Gasteiger partial charge in [-0.05, 0) is 31.4 Å². The van der Waals surface area contributed by atoms with Gasteiger partial charge in [0.2, 0.25) is 0 Å². The molecule has 1 atom stereocenters. The highest BCUT2D eigenvalue weighted by Gasteiger charge is 2.49. The Morgan fingerprint density at radius 3 is 2.57 bits per heavy atom. The summed E-state index contributed by atoms with van der Waals surface area (Å²) in [7, 11) is 0. The maximum absolute atomic E-state index is 9.97. The lowest BCUT2D eigenvalue weighted by Gasteiger charge is -2.15. The molecule has 2 N–H and O–H groups in total. The van der Waals surface area contributed by atoms with Crippen molar-refractivity contribution in [3.8, 4) is 0 Å². The largest absolute Gasteiger partial charge is 0.393 e. The predicted molar refractivity (Wildman–Crippen MR) is 86.2 cm³/mol. The summed E-state index contributed by atoms with van der Waals surface area (Å²) in [5.74, 6) is 0.906. The van der Waals surface area contributed by atoms with E-state index in [1.165, 1.54) is 11.1 Å². The van der Waals surface area contributed by atoms with Crippen molar-refractivity contribution in [3.05, 3.63) is 65.1 Å². The van der Waals surface area contributed by atoms with E-state index in [0.717, 1.165) is 18.7 Å². The fourth-order valence-corrected chi connectivity index (χ4v) is 3.26. The molecule has 1 fully saturated rings. The first kappa shape index (κ1) is 14.4. The minimum Gasteiger partial charge on any atom is -0.393 e. The quantitative estimate of drug-likeness (QED) is 0.774. The Morgan fingerprint density at radius 1 is 1.17 bits per heavy atom. The van der Waals surface area contributed by atoms with Gasteiger partial charge in [-0.1, -0.05) is 35.9 Å². The highest BCUT2D eigenvalue weighted by Crippen LogP contribution is 2.52. The van der Waals surface area contributed by atoms with E-state index >= 15 is 0 Å². The lowest BCUT2D eigenvalue weighted by atomic mass is 9.94. The van der Waals surface area contributed by atoms with Crippen LogP contribution in [0.25, 0.3) is 5.65 Å². The number of aliphatic hydroxyl groups is 2. The van der Waals surface area contributed by atoms with Crippen LogP contribution in [-0.2, 0) is 5.41 Å². The topological polar surface area (TPSA) is 70.7 Å². The Kier molecular flexibility index (Phi) is 3.21. The zero-order valence-electron chi connectivity index (χ0n) is 13.0. The molecule has 1 unspecified atom stereocenters. The van der Waals surface area contributed by atoms with Gasteiger partial charge in [0.05, 0.1) is 12.0 Å². The fraction of sp³-hybridized carbons (Fsp3) is 0.333. The Morgan fingerprint density at radius 2 is 1.91 bits per heavy atom. The number of aryl methyl sites for hydroxylation is 1. The van der Waals surface area contributed by atoms with Gasteiger partial charge in [-0.15, -0.1) is 10.2 Å². The molecule has 0 spiro atoms. The maximum atomic E-state index is 9.97. The first-order valence-electron chi connectivity index (χ1n) is 7.86. The Bertz CT molecular complexity index is 850. The van der Waals surface area contributed by atoms with E-state index in [1.54, 1.807) is 6.07 Å². The van der Waals surface area contributed by atoms with Gasteiger partial charge in [0, 0.05) is 11.8 Å². The highest BCUT2D eigenvalue weighted by atomic mass is 16.3. The molecule has 1 aromatic carbocycles. The summed E-state index contributed by atoms with van der Waals surface area (Å²) in [5.41, 5.74) is 3.63. The normalized spacial score (nSPS) is 17.3. The lowest BCUT2D eigenvalue weighted by Crippen LogP contribution is -2.14. The summed E-state index contributed by atoms with van der Waals surface area (Å²) in [5, 5.41) is 27.9. The summed E-state index contributed by atoms with van der Waals surface area (Å²) >= 11 is 0. The fourth-order valence-electron chi connectivity index (χ4n) is 3.26. The molecule has 0 aliphatic heterocycles. The van der Waals surface area contributed by atoms with Crippen LogP contribution in [0.15, 0.2) is 42.6 Å². The number of pyridine rings is 1. The van der Waals surface area contributed by atoms with Gasteiger partial charge in [-0.2, -0.15) is 0 Å². The van der Waals surface area contributed by atoms with Crippen LogP contribution in [0.2, 0.25) is 0 Å². The number of benzene rings is 1. The predicted octanol–water partition coefficient (Wildman–Crippen LogP) is 2.14. The SMILES string of the molecule is Cc1ccc(C2(c3nnc4c(C(O)CO)cccn34)CC2)cc1. The summed E-state index contributed by atoms with van der Waals surface area (Å²) in [4.78, 5) is 0. The van der Waals surface area contributed by atoms with Crippen molar-refractivity contribution in [2.45, 2.75) is 31.3 Å². The molecule has 23 heavy (non-hydrogen) atoms. The number of rotatable bonds is 4. The lowest BCUT2D eigenvalue weighted by molar-refractivity contribution is 0.0963. The van der Waals surface area contributed by atoms with Gasteiger partial charge in [-0.3, -0.25) is 4.40 Å². The van der Waals surface area contributed by atoms with Gasteiger partial charge in [0.25, 0.3) is 0 Å². The van der Waals surface area contributed by atoms with Crippen LogP contribution in [-0.4, -0.2) is 31.4 Å². The number of nitrogens with zero attached hydrogens (tertiary/aromatic N) is 3. The number of hydrogen-bond donors (Lipinski definition) is 2. The molecular formula is C18H19N3O2. The Balaban J connectivity index is 1.85. The molecule has 5 heteroatoms. The van der Waals surface area contributed by atoms with Crippen molar-refractivity contribution in [1.82, 2.24) is 14.6 Å². The second-order valence-corrected chi connectivity index (χ2v) is 6.33. The van der Waals surface area contributed by atoms with E-state index in [-0.39, 0.29) is 12.0 Å². The molecule has 0 saturated heterocycles. The number of fused-ring (bicyclic) bond motifs is 1. The van der Waals surface area contributed by atoms with Crippen LogP contribution >= 0.6 is 0 Å². The molecule has 3 aromatic rings. The Hall–Kier alpha value is -2.24. The first-order valence-corrected chi connectivity index (χ1v) is 7.86. The average molecular weight is 309 g/mol. The monoisotopic (exact) mass is 309 g/mol. The van der Waals surface area contributed by atoms with Gasteiger partial charge >= 0.3 is 0 Å². The smallest absolute Gasteiger partial charge is 0.166 e. The Labute approximate surface area is 134 Å². The molecule has 1 saturated carbocycles. The van der Waals surface area contributed by atoms with E-state index in [4.69, 9.17) is 0 Å². The van der Waals surface area contributed by atoms with Gasteiger partial charge in [-0.25, -0.2) is 0 Å². The van der Waals surface area contributed by atoms with Crippen LogP contribution in [0.1, 0.15) is 41.5 Å². The zero-order chi connectivity index (χ0) is 16.0. The van der Waals surface area contributed by atoms with Crippen LogP contribution in [0.3, 0.4) is 0 Å². The standard InChI is InChI=1S/C18H19N3O2/c1-12-4-6-13(7-5-12)18(8-9-18)17-20-19-16-14(15(23)11-22)3-2-10-21(16)17/h2-7,10,15,22-23H,8-9,11H2,1H3. The van der Waals surface area contributed by atoms with Crippen molar-refractivity contribution in [1.29, 1.82) is 0 Å². The molecule has 1 aliphatic rings. The second kappa shape index (κ2) is 5.15. The maximum Gasteiger partial charge on any atom is 0.166 e. The van der Waals surface area contributed by atoms with Crippen molar-refractivity contribution in [2.24, 2.45) is 0 Å². The van der Waals surface area contributed by atoms with E-state index in [9.17, 15) is 10.2 Å². The number of aromatic nitrogens is 3. The van der Waals surface area contributed by atoms with Gasteiger partial charge in [0.1, 0.15) is 11.9 Å². The molecule has 5 nitrogen and oxygen atoms in total. The van der Waals surface area contributed by atoms with E-state index in [0.29, 0.717) is 11.2 Å². The third-order valence-electron chi connectivity index (χ3n) is 4.78. The molecule has 118 valence electrons. The third-order valence-corrected chi connectivity index (χ3v) is 4.78. The van der Waals surface area contributed by atoms with Crippen molar-refractivity contribution in [2.75, 3.05) is 6.61 Å². The van der Waals surface area contributed by atoms with Gasteiger partial charge < -0.3 is 10.2 Å². The van der Waals surface area contributed by atoms with Crippen LogP contribution < -0.4 is 0 Å². The third kappa shape index (κ3) is 2.16. The summed E-state index contributed by atoms with van der Waals surface area (Å²) < 4.78 is 1.95.